The molecule has 8 nitrogen and oxygen atoms in total. The molecule has 90 valence electrons. The second kappa shape index (κ2) is 9.26. The second-order valence-electron chi connectivity index (χ2n) is 2.30. The van der Waals surface area contributed by atoms with E-state index in [1.807, 2.05) is 0 Å². The summed E-state index contributed by atoms with van der Waals surface area (Å²) < 4.78 is 19.7. The Bertz CT molecular complexity index is 275. The summed E-state index contributed by atoms with van der Waals surface area (Å²) in [5.41, 5.74) is -1.10. The van der Waals surface area contributed by atoms with Crippen LogP contribution in [0.15, 0.2) is 0 Å². The predicted molar refractivity (Wildman–Crippen MR) is 46.9 cm³/mol. The van der Waals surface area contributed by atoms with E-state index >= 15 is 0 Å². The molecule has 0 atom stereocenters. The van der Waals surface area contributed by atoms with Gasteiger partial charge in [-0.2, -0.15) is 0 Å². The second-order valence-corrected chi connectivity index (χ2v) is 4.31. The number of aliphatic hydroxyl groups excluding tert-OH is 2. The van der Waals surface area contributed by atoms with Crippen molar-refractivity contribution in [2.75, 3.05) is 13.6 Å². The minimum Gasteiger partial charge on any atom is -1.00 e. The number of hydrogen-bond donors (Lipinski definition) is 3. The van der Waals surface area contributed by atoms with Crippen molar-refractivity contribution in [3.63, 3.8) is 0 Å². The van der Waals surface area contributed by atoms with Crippen molar-refractivity contribution >= 4 is 19.1 Å². The van der Waals surface area contributed by atoms with Crippen molar-refractivity contribution in [3.05, 3.63) is 0 Å². The van der Waals surface area contributed by atoms with Gasteiger partial charge in [-0.1, -0.05) is 0 Å². The summed E-state index contributed by atoms with van der Waals surface area (Å²) in [5, 5.41) is 24.9. The average Bonchev–Trinajstić information content (AvgIpc) is 2.14. The van der Waals surface area contributed by atoms with E-state index in [2.05, 4.69) is 9.05 Å². The number of carbonyl (C=O) groups is 2. The van der Waals surface area contributed by atoms with Gasteiger partial charge in [-0.05, 0) is 0 Å². The Kier molecular flexibility index (Phi) is 10.8. The molecule has 0 saturated carbocycles. The Morgan fingerprint density at radius 3 is 1.88 bits per heavy atom. The van der Waals surface area contributed by atoms with E-state index < -0.39 is 45.5 Å². The number of rotatable bonds is 8. The Morgan fingerprint density at radius 1 is 1.12 bits per heavy atom. The van der Waals surface area contributed by atoms with Crippen molar-refractivity contribution < 1.29 is 69.5 Å². The molecule has 0 rings (SSSR count). The molecule has 0 aliphatic heterocycles. The summed E-state index contributed by atoms with van der Waals surface area (Å²) in [6, 6.07) is 0. The number of aliphatic carboxylic acids is 1. The first-order valence-corrected chi connectivity index (χ1v) is 5.36. The molecule has 10 heteroatoms. The topological polar surface area (TPSA) is 130 Å². The first-order chi connectivity index (χ1) is 6.96. The molecule has 0 aromatic heterocycles. The first-order valence-electron chi connectivity index (χ1n) is 3.82. The van der Waals surface area contributed by atoms with E-state index in [9.17, 15) is 14.2 Å². The molecule has 0 aliphatic carbocycles. The molecule has 16 heavy (non-hydrogen) atoms. The summed E-state index contributed by atoms with van der Waals surface area (Å²) in [4.78, 5) is 21.3. The Labute approximate surface area is 115 Å². The van der Waals surface area contributed by atoms with Crippen LogP contribution in [0.25, 0.3) is 0 Å². The van der Waals surface area contributed by atoms with Crippen molar-refractivity contribution in [2.24, 2.45) is 0 Å². The van der Waals surface area contributed by atoms with Crippen molar-refractivity contribution in [2.45, 2.75) is 12.8 Å². The van der Waals surface area contributed by atoms with Gasteiger partial charge in [0, 0.05) is 6.42 Å². The fraction of sp³-hybridized carbons (Fsp3) is 0.667. The molecule has 0 bridgehead atoms. The number of carboxylic acid groups (broad SMARTS) is 1. The maximum absolute atomic E-state index is 11.4. The van der Waals surface area contributed by atoms with E-state index in [0.29, 0.717) is 0 Å². The molecule has 0 aromatic carbocycles. The molecule has 0 unspecified atom stereocenters. The van der Waals surface area contributed by atoms with Crippen molar-refractivity contribution in [3.8, 4) is 0 Å². The van der Waals surface area contributed by atoms with Crippen LogP contribution in [-0.2, 0) is 23.2 Å². The zero-order valence-corrected chi connectivity index (χ0v) is 11.6. The predicted octanol–water partition coefficient (Wildman–Crippen LogP) is -3.38. The average molecular weight is 266 g/mol. The van der Waals surface area contributed by atoms with Crippen LogP contribution >= 0.6 is 7.60 Å². The van der Waals surface area contributed by atoms with Gasteiger partial charge in [0.15, 0.2) is 13.6 Å². The van der Waals surface area contributed by atoms with Gasteiger partial charge < -0.3 is 16.7 Å². The molecule has 0 radical (unpaired) electrons. The number of aliphatic hydroxyl groups is 2. The Morgan fingerprint density at radius 2 is 1.56 bits per heavy atom. The number of hydrogen-bond acceptors (Lipinski definition) is 7. The Balaban J connectivity index is -0.000000980. The smallest absolute Gasteiger partial charge is 1.00 e. The van der Waals surface area contributed by atoms with Crippen LogP contribution in [0.5, 0.6) is 0 Å². The molecule has 0 fully saturated rings. The molecular weight excluding hydrogens is 254 g/mol. The summed E-state index contributed by atoms with van der Waals surface area (Å²) in [7, 11) is -4.27. The standard InChI is InChI=1S/C6H11O8P.Na.H/c7-3-13-15(12,14-4-8)6(11)2-1-5(9)10;;/h7-8H,1-4H2,(H,9,10);;/q;+1;-1. The summed E-state index contributed by atoms with van der Waals surface area (Å²) in [6.07, 6.45) is -1.10. The fourth-order valence-electron chi connectivity index (χ4n) is 0.684. The van der Waals surface area contributed by atoms with Gasteiger partial charge in [0.2, 0.25) is 5.52 Å². The normalized spacial score (nSPS) is 10.6. The van der Waals surface area contributed by atoms with E-state index in [1.165, 1.54) is 0 Å². The number of carboxylic acids is 1. The van der Waals surface area contributed by atoms with E-state index in [1.54, 1.807) is 0 Å². The third-order valence-electron chi connectivity index (χ3n) is 1.31. The summed E-state index contributed by atoms with van der Waals surface area (Å²) >= 11 is 0. The van der Waals surface area contributed by atoms with Gasteiger partial charge in [-0.15, -0.1) is 0 Å². The van der Waals surface area contributed by atoms with Crippen LogP contribution in [0.2, 0.25) is 0 Å². The van der Waals surface area contributed by atoms with E-state index in [-0.39, 0.29) is 31.0 Å². The zero-order chi connectivity index (χ0) is 11.9. The molecule has 0 aromatic rings. The van der Waals surface area contributed by atoms with Crippen LogP contribution < -0.4 is 29.6 Å². The van der Waals surface area contributed by atoms with Crippen LogP contribution in [0.3, 0.4) is 0 Å². The van der Waals surface area contributed by atoms with Gasteiger partial charge in [0.25, 0.3) is 0 Å². The van der Waals surface area contributed by atoms with E-state index in [0.717, 1.165) is 0 Å². The third kappa shape index (κ3) is 6.72. The van der Waals surface area contributed by atoms with Gasteiger partial charge in [0.1, 0.15) is 0 Å². The van der Waals surface area contributed by atoms with Crippen LogP contribution in [-0.4, -0.2) is 40.4 Å². The molecule has 0 saturated heterocycles. The van der Waals surface area contributed by atoms with Crippen LogP contribution in [0.4, 0.5) is 0 Å². The van der Waals surface area contributed by atoms with Crippen LogP contribution in [0.1, 0.15) is 14.3 Å². The maximum Gasteiger partial charge on any atom is 1.00 e. The fourth-order valence-corrected chi connectivity index (χ4v) is 1.74. The number of carbonyl (C=O) groups excluding carboxylic acids is 1. The van der Waals surface area contributed by atoms with Gasteiger partial charge in [0.05, 0.1) is 6.42 Å². The maximum atomic E-state index is 11.4. The minimum atomic E-state index is -4.27. The van der Waals surface area contributed by atoms with Gasteiger partial charge in [-0.25, -0.2) is 0 Å². The molecular formula is C6H12NaO8P. The molecule has 0 amide bonds. The van der Waals surface area contributed by atoms with E-state index in [4.69, 9.17) is 15.3 Å². The van der Waals surface area contributed by atoms with Gasteiger partial charge in [-0.3, -0.25) is 23.2 Å². The summed E-state index contributed by atoms with van der Waals surface area (Å²) in [5.74, 6) is -1.25. The summed E-state index contributed by atoms with van der Waals surface area (Å²) in [6.45, 7) is -2.06. The molecule has 3 N–H and O–H groups in total. The van der Waals surface area contributed by atoms with Gasteiger partial charge >= 0.3 is 43.1 Å². The molecule has 0 aliphatic rings. The molecule has 0 heterocycles. The minimum absolute atomic E-state index is 0. The largest absolute Gasteiger partial charge is 1.00 e. The van der Waals surface area contributed by atoms with Crippen molar-refractivity contribution in [1.82, 2.24) is 0 Å². The monoisotopic (exact) mass is 266 g/mol. The molecule has 0 spiro atoms. The SMILES string of the molecule is O=C(O)CCC(=O)P(=O)(OCO)OCO.[H-].[Na+]. The Hall–Kier alpha value is 0.210. The van der Waals surface area contributed by atoms with Crippen molar-refractivity contribution in [1.29, 1.82) is 0 Å². The zero-order valence-electron chi connectivity index (χ0n) is 9.66. The first kappa shape index (κ1) is 18.6. The van der Waals surface area contributed by atoms with Crippen LogP contribution in [0, 0.1) is 0 Å². The quantitative estimate of drug-likeness (QED) is 0.235. The third-order valence-corrected chi connectivity index (χ3v) is 3.06.